The maximum atomic E-state index is 12.4. The first-order valence-corrected chi connectivity index (χ1v) is 8.94. The lowest BCUT2D eigenvalue weighted by atomic mass is 9.82. The van der Waals surface area contributed by atoms with E-state index in [0.717, 1.165) is 0 Å². The highest BCUT2D eigenvalue weighted by atomic mass is 16.6. The lowest BCUT2D eigenvalue weighted by Gasteiger charge is -2.29. The minimum absolute atomic E-state index is 0.118. The Morgan fingerprint density at radius 1 is 1.50 bits per heavy atom. The first-order chi connectivity index (χ1) is 12.2. The normalized spacial score (nSPS) is 42.1. The van der Waals surface area contributed by atoms with Crippen molar-refractivity contribution in [2.75, 3.05) is 0 Å². The molecule has 0 amide bonds. The number of aliphatic hydroxyl groups excluding tert-OH is 1. The number of hydrogen-bond acceptors (Lipinski definition) is 6. The number of allylic oxidation sites excluding steroid dienone is 1. The van der Waals surface area contributed by atoms with E-state index in [-0.39, 0.29) is 11.7 Å². The number of aliphatic hydroxyl groups is 1. The smallest absolute Gasteiger partial charge is 0.334 e. The molecule has 3 rings (SSSR count). The lowest BCUT2D eigenvalue weighted by molar-refractivity contribution is -0.148. The van der Waals surface area contributed by atoms with E-state index in [1.165, 1.54) is 0 Å². The first-order valence-electron chi connectivity index (χ1n) is 8.94. The highest BCUT2D eigenvalue weighted by Crippen LogP contribution is 2.47. The number of esters is 2. The van der Waals surface area contributed by atoms with Gasteiger partial charge in [-0.2, -0.15) is 0 Å². The van der Waals surface area contributed by atoms with E-state index in [4.69, 9.17) is 14.2 Å². The van der Waals surface area contributed by atoms with E-state index in [1.54, 1.807) is 32.9 Å². The molecule has 0 aromatic heterocycles. The van der Waals surface area contributed by atoms with Crippen molar-refractivity contribution in [2.24, 2.45) is 5.92 Å². The zero-order valence-corrected chi connectivity index (χ0v) is 15.7. The molecule has 26 heavy (non-hydrogen) atoms. The van der Waals surface area contributed by atoms with Gasteiger partial charge in [0.1, 0.15) is 12.2 Å². The average Bonchev–Trinajstić information content (AvgIpc) is 3.11. The van der Waals surface area contributed by atoms with Gasteiger partial charge in [0.05, 0.1) is 23.7 Å². The summed E-state index contributed by atoms with van der Waals surface area (Å²) >= 11 is 0. The van der Waals surface area contributed by atoms with Gasteiger partial charge in [0.15, 0.2) is 0 Å². The summed E-state index contributed by atoms with van der Waals surface area (Å²) < 4.78 is 17.0. The van der Waals surface area contributed by atoms with Crippen LogP contribution in [0, 0.1) is 5.92 Å². The molecule has 2 aliphatic heterocycles. The molecule has 2 saturated heterocycles. The van der Waals surface area contributed by atoms with Gasteiger partial charge < -0.3 is 19.3 Å². The number of fused-ring (bicyclic) bond motifs is 2. The van der Waals surface area contributed by atoms with Crippen LogP contribution < -0.4 is 0 Å². The maximum Gasteiger partial charge on any atom is 0.334 e. The van der Waals surface area contributed by atoms with Gasteiger partial charge in [-0.15, -0.1) is 0 Å². The second kappa shape index (κ2) is 6.67. The van der Waals surface area contributed by atoms with Crippen molar-refractivity contribution in [1.82, 2.24) is 0 Å². The molecule has 142 valence electrons. The van der Waals surface area contributed by atoms with Crippen LogP contribution in [0.25, 0.3) is 0 Å². The fourth-order valence-electron chi connectivity index (χ4n) is 3.70. The second-order valence-electron chi connectivity index (χ2n) is 7.62. The lowest BCUT2D eigenvalue weighted by Crippen LogP contribution is -2.37. The van der Waals surface area contributed by atoms with Gasteiger partial charge in [-0.3, -0.25) is 0 Å². The minimum atomic E-state index is -0.667. The van der Waals surface area contributed by atoms with E-state index in [9.17, 15) is 14.7 Å². The molecule has 6 heteroatoms. The Hall–Kier alpha value is -1.92. The van der Waals surface area contributed by atoms with Crippen LogP contribution in [0.15, 0.2) is 35.5 Å². The summed E-state index contributed by atoms with van der Waals surface area (Å²) in [4.78, 5) is 24.5. The number of ether oxygens (including phenoxy) is 3. The van der Waals surface area contributed by atoms with Crippen molar-refractivity contribution < 1.29 is 28.9 Å². The van der Waals surface area contributed by atoms with E-state index < -0.39 is 41.8 Å². The van der Waals surface area contributed by atoms with E-state index in [2.05, 4.69) is 6.58 Å². The van der Waals surface area contributed by atoms with Crippen molar-refractivity contribution in [2.45, 2.75) is 70.6 Å². The van der Waals surface area contributed by atoms with Crippen LogP contribution in [-0.4, -0.2) is 47.1 Å². The monoisotopic (exact) mass is 362 g/mol. The quantitative estimate of drug-likeness (QED) is 0.351. The predicted octanol–water partition coefficient (Wildman–Crippen LogP) is 2.22. The van der Waals surface area contributed by atoms with Crippen LogP contribution in [-0.2, 0) is 23.8 Å². The summed E-state index contributed by atoms with van der Waals surface area (Å²) in [6.07, 6.45) is 2.29. The Bertz CT molecular complexity index is 705. The van der Waals surface area contributed by atoms with Crippen LogP contribution in [0.4, 0.5) is 0 Å². The third-order valence-corrected chi connectivity index (χ3v) is 5.71. The Balaban J connectivity index is 1.98. The van der Waals surface area contributed by atoms with Crippen molar-refractivity contribution in [3.63, 3.8) is 0 Å². The molecule has 2 fully saturated rings. The minimum Gasteiger partial charge on any atom is -0.458 e. The fraction of sp³-hybridized carbons (Fsp3) is 0.600. The van der Waals surface area contributed by atoms with Gasteiger partial charge in [0, 0.05) is 24.0 Å². The van der Waals surface area contributed by atoms with Crippen molar-refractivity contribution in [3.8, 4) is 0 Å². The number of carbonyl (C=O) groups excluding carboxylic acids is 2. The Kier molecular flexibility index (Phi) is 4.84. The van der Waals surface area contributed by atoms with E-state index in [1.807, 2.05) is 6.92 Å². The summed E-state index contributed by atoms with van der Waals surface area (Å²) in [5.41, 5.74) is 0.974. The van der Waals surface area contributed by atoms with Crippen molar-refractivity contribution in [1.29, 1.82) is 0 Å². The third kappa shape index (κ3) is 3.35. The third-order valence-electron chi connectivity index (χ3n) is 5.71. The van der Waals surface area contributed by atoms with Gasteiger partial charge in [0.2, 0.25) is 0 Å². The van der Waals surface area contributed by atoms with Gasteiger partial charge in [-0.1, -0.05) is 12.7 Å². The largest absolute Gasteiger partial charge is 0.458 e. The van der Waals surface area contributed by atoms with Crippen LogP contribution in [0.3, 0.4) is 0 Å². The molecule has 0 bridgehead atoms. The molecule has 6 atom stereocenters. The van der Waals surface area contributed by atoms with Crippen molar-refractivity contribution in [3.05, 3.63) is 35.5 Å². The highest BCUT2D eigenvalue weighted by molar-refractivity contribution is 5.92. The Morgan fingerprint density at radius 2 is 2.19 bits per heavy atom. The second-order valence-corrected chi connectivity index (χ2v) is 7.62. The van der Waals surface area contributed by atoms with Crippen LogP contribution >= 0.6 is 0 Å². The number of hydrogen-bond donors (Lipinski definition) is 1. The topological polar surface area (TPSA) is 85.4 Å². The first kappa shape index (κ1) is 18.9. The van der Waals surface area contributed by atoms with Gasteiger partial charge >= 0.3 is 11.9 Å². The summed E-state index contributed by atoms with van der Waals surface area (Å²) in [6.45, 7) is 11.0. The SMILES string of the molecule is C=C1C(=O)O[C@@H]2/C=C(\C)[C@@H](O)C[C@H]3O[C@]3(C)C[C@@H](OC(=O)/C(C)=C/C)[C@@H]12. The molecule has 0 saturated carbocycles. The zero-order chi connectivity index (χ0) is 19.2. The van der Waals surface area contributed by atoms with Crippen molar-refractivity contribution >= 4 is 11.9 Å². The summed E-state index contributed by atoms with van der Waals surface area (Å²) in [7, 11) is 0. The van der Waals surface area contributed by atoms with Gasteiger partial charge in [-0.25, -0.2) is 9.59 Å². The standard InChI is InChI=1S/C20H26O6/c1-6-10(2)18(22)25-15-9-20(5)16(26-20)8-13(21)11(3)7-14-17(15)12(4)19(23)24-14/h6-7,13-17,21H,4,8-9H2,1-3,5H3/b10-6+,11-7+/t13-,14+,15+,16+,17-,20+/m0/s1. The molecular weight excluding hydrogens is 336 g/mol. The van der Waals surface area contributed by atoms with E-state index in [0.29, 0.717) is 24.0 Å². The summed E-state index contributed by atoms with van der Waals surface area (Å²) in [6, 6.07) is 0. The average molecular weight is 362 g/mol. The molecule has 2 heterocycles. The summed E-state index contributed by atoms with van der Waals surface area (Å²) in [5, 5.41) is 10.4. The summed E-state index contributed by atoms with van der Waals surface area (Å²) in [5.74, 6) is -1.43. The fourth-order valence-corrected chi connectivity index (χ4v) is 3.70. The molecule has 0 aromatic carbocycles. The molecular formula is C20H26O6. The molecule has 1 aliphatic carbocycles. The van der Waals surface area contributed by atoms with Gasteiger partial charge in [0.25, 0.3) is 0 Å². The number of epoxide rings is 1. The molecule has 0 unspecified atom stereocenters. The molecule has 6 nitrogen and oxygen atoms in total. The van der Waals surface area contributed by atoms with Gasteiger partial charge in [-0.05, 0) is 39.3 Å². The molecule has 0 aromatic rings. The van der Waals surface area contributed by atoms with E-state index >= 15 is 0 Å². The number of rotatable bonds is 2. The molecule has 0 radical (unpaired) electrons. The molecule has 1 N–H and O–H groups in total. The zero-order valence-electron chi connectivity index (χ0n) is 15.7. The van der Waals surface area contributed by atoms with Crippen LogP contribution in [0.2, 0.25) is 0 Å². The predicted molar refractivity (Wildman–Crippen MR) is 94.1 cm³/mol. The highest BCUT2D eigenvalue weighted by Gasteiger charge is 2.57. The Morgan fingerprint density at radius 3 is 2.85 bits per heavy atom. The Labute approximate surface area is 153 Å². The van der Waals surface area contributed by atoms with Crippen LogP contribution in [0.5, 0.6) is 0 Å². The van der Waals surface area contributed by atoms with Crippen LogP contribution in [0.1, 0.15) is 40.5 Å². The number of carbonyl (C=O) groups is 2. The molecule has 3 aliphatic rings. The maximum absolute atomic E-state index is 12.4. The molecule has 0 spiro atoms.